The molecule has 1 fully saturated rings. The van der Waals surface area contributed by atoms with Crippen molar-refractivity contribution in [1.29, 1.82) is 0 Å². The largest absolute Gasteiger partial charge is 0.378 e. The topological polar surface area (TPSA) is 32.8 Å². The normalized spacial score (nSPS) is 21.2. The molecule has 1 aliphatic carbocycles. The number of ether oxygens (including phenoxy) is 1. The zero-order valence-electron chi connectivity index (χ0n) is 12.9. The van der Waals surface area contributed by atoms with Crippen molar-refractivity contribution in [2.24, 2.45) is 5.41 Å². The van der Waals surface area contributed by atoms with Crippen molar-refractivity contribution in [1.82, 2.24) is 6.00 Å². The van der Waals surface area contributed by atoms with E-state index < -0.39 is 5.41 Å². The van der Waals surface area contributed by atoms with E-state index in [1.54, 1.807) is 0 Å². The van der Waals surface area contributed by atoms with E-state index in [0.29, 0.717) is 13.2 Å². The molecule has 1 heterocycles. The molecular formula is C13H21I2N2O2PS. The molecule has 4 nitrogen and oxygen atoms in total. The molecule has 120 valence electrons. The Morgan fingerprint density at radius 3 is 2.14 bits per heavy atom. The molecule has 1 unspecified atom stereocenters. The minimum atomic E-state index is -0.414. The summed E-state index contributed by atoms with van der Waals surface area (Å²) in [6.45, 7) is 9.98. The van der Waals surface area contributed by atoms with E-state index in [1.807, 2.05) is 14.6 Å². The zero-order chi connectivity index (χ0) is 16.2. The fourth-order valence-corrected chi connectivity index (χ4v) is 5.16. The molecule has 0 aromatic heterocycles. The first kappa shape index (κ1) is 18.5. The van der Waals surface area contributed by atoms with Crippen LogP contribution in [-0.2, 0) is 9.53 Å². The zero-order valence-corrected chi connectivity index (χ0v) is 19.2. The van der Waals surface area contributed by atoms with Gasteiger partial charge in [0, 0.05) is 4.75 Å². The van der Waals surface area contributed by atoms with Gasteiger partial charge in [0.15, 0.2) is 5.78 Å². The third-order valence-corrected chi connectivity index (χ3v) is 8.86. The first-order chi connectivity index (χ1) is 9.53. The lowest BCUT2D eigenvalue weighted by atomic mass is 9.66. The molecule has 21 heavy (non-hydrogen) atoms. The Labute approximate surface area is 161 Å². The summed E-state index contributed by atoms with van der Waals surface area (Å²) in [5.41, 5.74) is 1.37. The smallest absolute Gasteiger partial charge is 0.198 e. The summed E-state index contributed by atoms with van der Waals surface area (Å²) in [5, 5.41) is 0. The summed E-state index contributed by atoms with van der Waals surface area (Å²) < 4.78 is 9.50. The second-order valence-corrected chi connectivity index (χ2v) is 11.5. The van der Waals surface area contributed by atoms with Crippen molar-refractivity contribution in [2.75, 3.05) is 19.5 Å². The van der Waals surface area contributed by atoms with Crippen molar-refractivity contribution in [3.05, 3.63) is 11.4 Å². The highest BCUT2D eigenvalue weighted by atomic mass is 127. The molecule has 0 bridgehead atoms. The number of hydrogen-bond donors (Lipinski definition) is 0. The van der Waals surface area contributed by atoms with Crippen molar-refractivity contribution < 1.29 is 9.53 Å². The van der Waals surface area contributed by atoms with Gasteiger partial charge in [-0.15, -0.1) is 0 Å². The summed E-state index contributed by atoms with van der Waals surface area (Å²) >= 11 is 6.35. The number of thioether (sulfide) groups is 1. The van der Waals surface area contributed by atoms with Gasteiger partial charge in [0.2, 0.25) is 0 Å². The van der Waals surface area contributed by atoms with E-state index in [-0.39, 0.29) is 16.1 Å². The number of ketones is 1. The van der Waals surface area contributed by atoms with Crippen molar-refractivity contribution in [3.63, 3.8) is 0 Å². The van der Waals surface area contributed by atoms with Crippen LogP contribution in [0.25, 0.3) is 0 Å². The number of hydrogen-bond acceptors (Lipinski definition) is 5. The molecule has 0 N–H and O–H groups in total. The molecule has 1 spiro atoms. The summed E-state index contributed by atoms with van der Waals surface area (Å²) in [7, 11) is 2.58. The molecule has 0 amide bonds. The van der Waals surface area contributed by atoms with Crippen LogP contribution in [0.1, 0.15) is 27.7 Å². The number of allylic oxidation sites excluding steroid dienone is 1. The van der Waals surface area contributed by atoms with Gasteiger partial charge in [-0.3, -0.25) is 7.68 Å². The van der Waals surface area contributed by atoms with Gasteiger partial charge in [-0.25, -0.2) is 0 Å². The molecule has 8 heteroatoms. The van der Waals surface area contributed by atoms with E-state index in [1.165, 1.54) is 0 Å². The summed E-state index contributed by atoms with van der Waals surface area (Å²) in [5.74, 6) is 0.201. The number of carbonyl (C=O) groups excluding carboxylic acids is 1. The van der Waals surface area contributed by atoms with E-state index in [0.717, 1.165) is 11.4 Å². The van der Waals surface area contributed by atoms with Crippen molar-refractivity contribution in [3.8, 4) is 0 Å². The highest BCUT2D eigenvalue weighted by molar-refractivity contribution is 14.1. The first-order valence-electron chi connectivity index (χ1n) is 6.62. The average Bonchev–Trinajstić information content (AvgIpc) is 2.32. The van der Waals surface area contributed by atoms with Crippen LogP contribution in [0.2, 0.25) is 0 Å². The molecule has 0 aromatic rings. The predicted molar refractivity (Wildman–Crippen MR) is 108 cm³/mol. The van der Waals surface area contributed by atoms with Gasteiger partial charge in [0.05, 0.1) is 70.2 Å². The van der Waals surface area contributed by atoms with Crippen LogP contribution >= 0.6 is 66.9 Å². The van der Waals surface area contributed by atoms with Gasteiger partial charge in [-0.1, -0.05) is 0 Å². The van der Waals surface area contributed by atoms with Crippen LogP contribution in [0.3, 0.4) is 0 Å². The predicted octanol–water partition coefficient (Wildman–Crippen LogP) is 3.81. The quantitative estimate of drug-likeness (QED) is 0.294. The highest BCUT2D eigenvalue weighted by Gasteiger charge is 2.63. The Bertz CT molecular complexity index is 504. The number of halogens is 2. The average molecular weight is 554 g/mol. The molecule has 1 atom stereocenters. The first-order valence-corrected chi connectivity index (χ1v) is 10.3. The minimum absolute atomic E-state index is 0.0493. The third-order valence-electron chi connectivity index (χ3n) is 4.91. The molecule has 2 rings (SSSR count). The molecular weight excluding hydrogens is 533 g/mol. The van der Waals surface area contributed by atoms with Crippen molar-refractivity contribution in [2.45, 2.75) is 38.0 Å². The lowest BCUT2D eigenvalue weighted by Gasteiger charge is -2.57. The van der Waals surface area contributed by atoms with Crippen LogP contribution in [0.4, 0.5) is 0 Å². The molecule has 2 aliphatic rings. The van der Waals surface area contributed by atoms with Crippen LogP contribution < -0.4 is 0 Å². The second-order valence-electron chi connectivity index (χ2n) is 6.47. The lowest BCUT2D eigenvalue weighted by molar-refractivity contribution is -0.158. The summed E-state index contributed by atoms with van der Waals surface area (Å²) in [6, 6.07) is 0. The fraction of sp³-hybridized carbons (Fsp3) is 0.769. The highest BCUT2D eigenvalue weighted by Crippen LogP contribution is 2.56. The van der Waals surface area contributed by atoms with E-state index in [4.69, 9.17) is 4.74 Å². The Hall–Kier alpha value is 1.21. The van der Waals surface area contributed by atoms with Crippen LogP contribution in [0.15, 0.2) is 11.4 Å². The number of rotatable bonds is 5. The van der Waals surface area contributed by atoms with Gasteiger partial charge in [-0.05, 0) is 43.3 Å². The van der Waals surface area contributed by atoms with Gasteiger partial charge in [0.1, 0.15) is 11.1 Å². The van der Waals surface area contributed by atoms with Crippen LogP contribution in [0.5, 0.6) is 0 Å². The third kappa shape index (κ3) is 2.57. The Kier molecular flexibility index (Phi) is 5.24. The van der Waals surface area contributed by atoms with Crippen molar-refractivity contribution >= 4 is 72.7 Å². The monoisotopic (exact) mass is 554 g/mol. The van der Waals surface area contributed by atoms with E-state index >= 15 is 0 Å². The second kappa shape index (κ2) is 5.93. The number of carbonyl (C=O) groups is 1. The maximum atomic E-state index is 12.5. The fourth-order valence-electron chi connectivity index (χ4n) is 2.42. The Morgan fingerprint density at radius 1 is 1.29 bits per heavy atom. The number of nitrogens with zero attached hydrogens (tertiary/aromatic N) is 2. The number of Topliss-reactive ketones (excluding diaryl/α,β-unsaturated/α-hetero) is 1. The van der Waals surface area contributed by atoms with Gasteiger partial charge >= 0.3 is 0 Å². The molecule has 0 aromatic carbocycles. The van der Waals surface area contributed by atoms with Gasteiger partial charge in [-0.2, -0.15) is 11.8 Å². The van der Waals surface area contributed by atoms with Gasteiger partial charge in [0.25, 0.3) is 0 Å². The maximum Gasteiger partial charge on any atom is 0.198 e. The van der Waals surface area contributed by atoms with E-state index in [9.17, 15) is 4.79 Å². The maximum absolute atomic E-state index is 12.5. The minimum Gasteiger partial charge on any atom is -0.378 e. The Morgan fingerprint density at radius 2 is 1.81 bits per heavy atom. The van der Waals surface area contributed by atoms with E-state index in [2.05, 4.69) is 92.2 Å². The Balaban J connectivity index is 2.45. The molecule has 1 aliphatic heterocycles. The standard InChI is InChI=1S/C13H21I2N2O2PS/c1-11(2,12(3,4)21-5)16(14)9-8(17(15)20)10(18)13(9)6-19-7-13/h6-7,20H2,1-5H3. The molecule has 0 saturated carbocycles. The SMILES string of the molecule is CSC(C)(C)C(C)(C)N(I)C1=C(N(P)I)C(=O)C12COC2. The summed E-state index contributed by atoms with van der Waals surface area (Å²) in [4.78, 5) is 12.5. The lowest BCUT2D eigenvalue weighted by Crippen LogP contribution is -2.65. The molecule has 0 radical (unpaired) electrons. The van der Waals surface area contributed by atoms with Crippen LogP contribution in [-0.4, -0.2) is 41.5 Å². The summed E-state index contributed by atoms with van der Waals surface area (Å²) in [6.07, 6.45) is 2.13. The van der Waals surface area contributed by atoms with Gasteiger partial charge < -0.3 is 7.85 Å². The van der Waals surface area contributed by atoms with Crippen LogP contribution in [0, 0.1) is 5.41 Å². The molecule has 1 saturated heterocycles.